The average Bonchev–Trinajstić information content (AvgIpc) is 3.39. The molecule has 33 heavy (non-hydrogen) atoms. The van der Waals surface area contributed by atoms with Crippen LogP contribution in [0, 0.1) is 0 Å². The van der Waals surface area contributed by atoms with Crippen molar-refractivity contribution in [3.63, 3.8) is 0 Å². The molecular weight excluding hydrogens is 498 g/mol. The summed E-state index contributed by atoms with van der Waals surface area (Å²) in [5.41, 5.74) is 3.25. The number of rotatable bonds is 5. The first-order valence-corrected chi connectivity index (χ1v) is 12.1. The van der Waals surface area contributed by atoms with Gasteiger partial charge in [-0.25, -0.2) is 0 Å². The zero-order chi connectivity index (χ0) is 23.4. The summed E-state index contributed by atoms with van der Waals surface area (Å²) in [7, 11) is 0. The first-order valence-electron chi connectivity index (χ1n) is 10.5. The van der Waals surface area contributed by atoms with Crippen LogP contribution in [0.25, 0.3) is 6.08 Å². The molecule has 0 saturated carbocycles. The van der Waals surface area contributed by atoms with E-state index in [-0.39, 0.29) is 11.3 Å². The Morgan fingerprint density at radius 1 is 1.03 bits per heavy atom. The molecule has 0 spiro atoms. The number of carbonyl (C=O) groups excluding carboxylic acids is 1. The number of benzene rings is 2. The van der Waals surface area contributed by atoms with Crippen LogP contribution in [0.3, 0.4) is 0 Å². The summed E-state index contributed by atoms with van der Waals surface area (Å²) in [5, 5.41) is 9.15. The average molecular weight is 522 g/mol. The summed E-state index contributed by atoms with van der Waals surface area (Å²) in [5.74, 6) is 0.561. The van der Waals surface area contributed by atoms with Gasteiger partial charge in [-0.15, -0.1) is 5.10 Å². The van der Waals surface area contributed by atoms with Gasteiger partial charge in [0.1, 0.15) is 5.76 Å². The molecule has 4 rings (SSSR count). The summed E-state index contributed by atoms with van der Waals surface area (Å²) in [4.78, 5) is 15.3. The Labute approximate surface area is 206 Å². The third-order valence-electron chi connectivity index (χ3n) is 5.08. The lowest BCUT2D eigenvalue weighted by molar-refractivity contribution is -0.122. The number of nitrogens with zero attached hydrogens (tertiary/aromatic N) is 3. The van der Waals surface area contributed by atoms with E-state index in [2.05, 4.69) is 59.0 Å². The van der Waals surface area contributed by atoms with E-state index >= 15 is 0 Å². The number of halogens is 1. The van der Waals surface area contributed by atoms with E-state index in [1.54, 1.807) is 23.4 Å². The minimum atomic E-state index is -0.122. The van der Waals surface area contributed by atoms with Crippen LogP contribution >= 0.6 is 27.7 Å². The van der Waals surface area contributed by atoms with Crippen molar-refractivity contribution in [3.8, 4) is 0 Å². The molecule has 7 heteroatoms. The number of amidine groups is 1. The fourth-order valence-electron chi connectivity index (χ4n) is 3.20. The topological polar surface area (TPSA) is 58.2 Å². The summed E-state index contributed by atoms with van der Waals surface area (Å²) in [6.45, 7) is 6.85. The predicted octanol–water partition coefficient (Wildman–Crippen LogP) is 6.85. The van der Waals surface area contributed by atoms with Crippen molar-refractivity contribution >= 4 is 51.1 Å². The lowest BCUT2D eigenvalue weighted by Gasteiger charge is -2.18. The van der Waals surface area contributed by atoms with Crippen molar-refractivity contribution in [2.24, 2.45) is 10.2 Å². The van der Waals surface area contributed by atoms with Crippen LogP contribution < -0.4 is 0 Å². The standard InChI is InChI=1S/C26H24BrN3O2S/c1-26(2,3)20-10-6-19(7-11-20)16-28-29-25-30(17-22-5-4-14-32-22)24(31)23(33-25)15-18-8-12-21(27)13-9-18/h4-16H,17H2,1-3H3/b23-15-,28-16+,29-25-. The fraction of sp³-hybridized carbons (Fsp3) is 0.192. The molecular formula is C26H24BrN3O2S. The maximum absolute atomic E-state index is 13.1. The van der Waals surface area contributed by atoms with Gasteiger partial charge in [0, 0.05) is 4.47 Å². The van der Waals surface area contributed by atoms with E-state index in [0.717, 1.165) is 15.6 Å². The number of furan rings is 1. The Bertz CT molecular complexity index is 1210. The molecule has 1 aliphatic heterocycles. The number of hydrogen-bond donors (Lipinski definition) is 0. The summed E-state index contributed by atoms with van der Waals surface area (Å²) >= 11 is 4.75. The summed E-state index contributed by atoms with van der Waals surface area (Å²) < 4.78 is 6.44. The molecule has 0 radical (unpaired) electrons. The maximum Gasteiger partial charge on any atom is 0.267 e. The van der Waals surface area contributed by atoms with Gasteiger partial charge in [-0.2, -0.15) is 5.10 Å². The Balaban J connectivity index is 1.58. The highest BCUT2D eigenvalue weighted by Gasteiger charge is 2.34. The highest BCUT2D eigenvalue weighted by atomic mass is 79.9. The van der Waals surface area contributed by atoms with E-state index < -0.39 is 0 Å². The second kappa shape index (κ2) is 9.93. The Hall–Kier alpha value is -2.90. The van der Waals surface area contributed by atoms with Crippen LogP contribution in [0.2, 0.25) is 0 Å². The van der Waals surface area contributed by atoms with Gasteiger partial charge in [0.15, 0.2) is 5.17 Å². The van der Waals surface area contributed by atoms with Gasteiger partial charge >= 0.3 is 0 Å². The predicted molar refractivity (Wildman–Crippen MR) is 139 cm³/mol. The number of thioether (sulfide) groups is 1. The van der Waals surface area contributed by atoms with Gasteiger partial charge in [0.25, 0.3) is 5.91 Å². The molecule has 2 heterocycles. The normalized spacial score (nSPS) is 17.1. The summed E-state index contributed by atoms with van der Waals surface area (Å²) in [6.07, 6.45) is 5.16. The number of hydrogen-bond acceptors (Lipinski definition) is 5. The van der Waals surface area contributed by atoms with Gasteiger partial charge in [0.2, 0.25) is 0 Å². The van der Waals surface area contributed by atoms with Crippen molar-refractivity contribution < 1.29 is 9.21 Å². The van der Waals surface area contributed by atoms with Crippen LogP contribution in [0.4, 0.5) is 0 Å². The Morgan fingerprint density at radius 3 is 2.36 bits per heavy atom. The highest BCUT2D eigenvalue weighted by Crippen LogP contribution is 2.34. The van der Waals surface area contributed by atoms with Crippen molar-refractivity contribution in [3.05, 3.63) is 98.8 Å². The molecule has 0 unspecified atom stereocenters. The van der Waals surface area contributed by atoms with Crippen molar-refractivity contribution in [2.45, 2.75) is 32.7 Å². The molecule has 0 aliphatic carbocycles. The van der Waals surface area contributed by atoms with E-state index in [4.69, 9.17) is 4.42 Å². The molecule has 1 saturated heterocycles. The van der Waals surface area contributed by atoms with Crippen LogP contribution in [0.1, 0.15) is 43.2 Å². The van der Waals surface area contributed by atoms with Gasteiger partial charge in [-0.1, -0.05) is 73.1 Å². The second-order valence-corrected chi connectivity index (χ2v) is 10.6. The van der Waals surface area contributed by atoms with E-state index in [9.17, 15) is 4.79 Å². The third-order valence-corrected chi connectivity index (χ3v) is 6.60. The molecule has 0 atom stereocenters. The van der Waals surface area contributed by atoms with Crippen molar-refractivity contribution in [1.82, 2.24) is 4.90 Å². The van der Waals surface area contributed by atoms with Crippen molar-refractivity contribution in [2.75, 3.05) is 0 Å². The zero-order valence-corrected chi connectivity index (χ0v) is 21.1. The molecule has 0 N–H and O–H groups in total. The molecule has 1 aliphatic rings. The monoisotopic (exact) mass is 521 g/mol. The van der Waals surface area contributed by atoms with E-state index in [1.165, 1.54) is 17.3 Å². The van der Waals surface area contributed by atoms with Crippen LogP contribution in [0.5, 0.6) is 0 Å². The van der Waals surface area contributed by atoms with Crippen LogP contribution in [-0.4, -0.2) is 22.2 Å². The number of amides is 1. The van der Waals surface area contributed by atoms with Crippen LogP contribution in [-0.2, 0) is 16.8 Å². The molecule has 3 aromatic rings. The molecule has 2 aromatic carbocycles. The minimum absolute atomic E-state index is 0.0979. The van der Waals surface area contributed by atoms with Gasteiger partial charge in [0.05, 0.1) is 23.9 Å². The molecule has 168 valence electrons. The molecule has 5 nitrogen and oxygen atoms in total. The quantitative estimate of drug-likeness (QED) is 0.209. The Morgan fingerprint density at radius 2 is 1.73 bits per heavy atom. The van der Waals surface area contributed by atoms with Crippen LogP contribution in [0.15, 0.2) is 90.9 Å². The molecule has 1 amide bonds. The lowest BCUT2D eigenvalue weighted by Crippen LogP contribution is -2.28. The zero-order valence-electron chi connectivity index (χ0n) is 18.7. The molecule has 1 fully saturated rings. The fourth-order valence-corrected chi connectivity index (χ4v) is 4.40. The number of carbonyl (C=O) groups is 1. The van der Waals surface area contributed by atoms with Gasteiger partial charge in [-0.3, -0.25) is 9.69 Å². The smallest absolute Gasteiger partial charge is 0.267 e. The Kier molecular flexibility index (Phi) is 7.00. The van der Waals surface area contributed by atoms with Crippen molar-refractivity contribution in [1.29, 1.82) is 0 Å². The van der Waals surface area contributed by atoms with Gasteiger partial charge in [-0.05, 0) is 64.2 Å². The molecule has 0 bridgehead atoms. The third kappa shape index (κ3) is 5.92. The lowest BCUT2D eigenvalue weighted by atomic mass is 9.87. The highest BCUT2D eigenvalue weighted by molar-refractivity contribution is 9.10. The minimum Gasteiger partial charge on any atom is -0.467 e. The summed E-state index contributed by atoms with van der Waals surface area (Å²) in [6, 6.07) is 19.7. The SMILES string of the molecule is CC(C)(C)c1ccc(/C=N/N=C2\S/C(=C\c3ccc(Br)cc3)C(=O)N2Cc2ccco2)cc1. The first kappa shape index (κ1) is 23.3. The van der Waals surface area contributed by atoms with Gasteiger partial charge < -0.3 is 4.42 Å². The van der Waals surface area contributed by atoms with E-state index in [0.29, 0.717) is 22.4 Å². The second-order valence-electron chi connectivity index (χ2n) is 8.63. The molecule has 1 aromatic heterocycles. The largest absolute Gasteiger partial charge is 0.467 e. The first-order chi connectivity index (χ1) is 15.8. The maximum atomic E-state index is 13.1. The van der Waals surface area contributed by atoms with E-state index in [1.807, 2.05) is 48.5 Å².